The lowest BCUT2D eigenvalue weighted by molar-refractivity contribution is -0.120. The summed E-state index contributed by atoms with van der Waals surface area (Å²) in [4.78, 5) is 11.1. The van der Waals surface area contributed by atoms with Crippen molar-refractivity contribution in [3.05, 3.63) is 0 Å². The highest BCUT2D eigenvalue weighted by Crippen LogP contribution is 2.36. The summed E-state index contributed by atoms with van der Waals surface area (Å²) in [5.74, 6) is 0.279. The summed E-state index contributed by atoms with van der Waals surface area (Å²) in [6, 6.07) is 1.80. The molecule has 88 valence electrons. The van der Waals surface area contributed by atoms with Crippen molar-refractivity contribution >= 4 is 11.6 Å². The monoisotopic (exact) mass is 221 g/mol. The molecule has 0 unspecified atom stereocenters. The summed E-state index contributed by atoms with van der Waals surface area (Å²) in [6.45, 7) is 6.64. The Bertz CT molecular complexity index is 339. The molecule has 1 rings (SSSR count). The van der Waals surface area contributed by atoms with Gasteiger partial charge >= 0.3 is 0 Å². The van der Waals surface area contributed by atoms with Gasteiger partial charge in [0.15, 0.2) is 0 Å². The summed E-state index contributed by atoms with van der Waals surface area (Å²) in [5.41, 5.74) is 3.74. The zero-order chi connectivity index (χ0) is 12.2. The maximum absolute atomic E-state index is 11.1. The molecule has 0 aromatic rings. The Kier molecular flexibility index (Phi) is 4.05. The molecule has 0 saturated heterocycles. The lowest BCUT2D eigenvalue weighted by Crippen LogP contribution is -2.30. The average molecular weight is 221 g/mol. The molecule has 4 nitrogen and oxygen atoms in total. The van der Waals surface area contributed by atoms with Crippen LogP contribution in [0.2, 0.25) is 0 Å². The van der Waals surface area contributed by atoms with Crippen molar-refractivity contribution in [1.29, 1.82) is 5.26 Å². The summed E-state index contributed by atoms with van der Waals surface area (Å²) < 4.78 is 0. The van der Waals surface area contributed by atoms with E-state index in [0.717, 1.165) is 18.6 Å². The summed E-state index contributed by atoms with van der Waals surface area (Å²) in [6.07, 6.45) is 2.92. The average Bonchev–Trinajstić information content (AvgIpc) is 2.12. The van der Waals surface area contributed by atoms with Gasteiger partial charge in [0.25, 0.3) is 5.91 Å². The van der Waals surface area contributed by atoms with Crippen LogP contribution in [0.25, 0.3) is 0 Å². The van der Waals surface area contributed by atoms with Crippen LogP contribution in [0, 0.1) is 22.7 Å². The Hall–Kier alpha value is -1.37. The second-order valence-corrected chi connectivity index (χ2v) is 5.40. The molecule has 4 heteroatoms. The van der Waals surface area contributed by atoms with Gasteiger partial charge in [-0.3, -0.25) is 4.79 Å². The number of nitrogens with zero attached hydrogens (tertiary/aromatic N) is 2. The summed E-state index contributed by atoms with van der Waals surface area (Å²) >= 11 is 0. The van der Waals surface area contributed by atoms with Crippen molar-refractivity contribution in [2.24, 2.45) is 16.4 Å². The van der Waals surface area contributed by atoms with Gasteiger partial charge in [0.05, 0.1) is 6.07 Å². The molecule has 16 heavy (non-hydrogen) atoms. The van der Waals surface area contributed by atoms with E-state index in [9.17, 15) is 4.79 Å². The van der Waals surface area contributed by atoms with Gasteiger partial charge in [-0.1, -0.05) is 20.8 Å². The van der Waals surface area contributed by atoms with Gasteiger partial charge < -0.3 is 0 Å². The van der Waals surface area contributed by atoms with E-state index in [1.165, 1.54) is 6.42 Å². The zero-order valence-corrected chi connectivity index (χ0v) is 10.2. The molecule has 0 aromatic heterocycles. The predicted octanol–water partition coefficient (Wildman–Crippen LogP) is 2.22. The number of hydrogen-bond acceptors (Lipinski definition) is 3. The van der Waals surface area contributed by atoms with Gasteiger partial charge in [0, 0.05) is 5.71 Å². The Balaban J connectivity index is 2.56. The van der Waals surface area contributed by atoms with E-state index in [2.05, 4.69) is 31.3 Å². The number of nitrogens with one attached hydrogen (secondary N) is 1. The number of hydrazone groups is 1. The molecule has 1 saturated carbocycles. The minimum atomic E-state index is -0.328. The van der Waals surface area contributed by atoms with E-state index in [1.807, 2.05) is 0 Å². The van der Waals surface area contributed by atoms with E-state index in [0.29, 0.717) is 5.92 Å². The van der Waals surface area contributed by atoms with Gasteiger partial charge in [0.2, 0.25) is 0 Å². The minimum Gasteiger partial charge on any atom is -0.272 e. The molecule has 1 N–H and O–H groups in total. The van der Waals surface area contributed by atoms with E-state index in [1.54, 1.807) is 6.07 Å². The molecule has 0 aromatic carbocycles. The maximum Gasteiger partial charge on any atom is 0.254 e. The van der Waals surface area contributed by atoms with Gasteiger partial charge in [-0.05, 0) is 30.6 Å². The number of amides is 1. The molecule has 0 aliphatic heterocycles. The fourth-order valence-electron chi connectivity index (χ4n) is 2.45. The molecule has 1 atom stereocenters. The van der Waals surface area contributed by atoms with E-state index in [4.69, 9.17) is 5.26 Å². The van der Waals surface area contributed by atoms with Gasteiger partial charge in [-0.2, -0.15) is 10.4 Å². The molecular weight excluding hydrogens is 202 g/mol. The molecule has 0 bridgehead atoms. The first-order chi connectivity index (χ1) is 7.43. The fourth-order valence-corrected chi connectivity index (χ4v) is 2.45. The smallest absolute Gasteiger partial charge is 0.254 e. The van der Waals surface area contributed by atoms with Crippen LogP contribution in [-0.2, 0) is 4.79 Å². The summed E-state index contributed by atoms with van der Waals surface area (Å²) in [5, 5.41) is 12.5. The standard InChI is InChI=1S/C12H19N3O/c1-9-6-10(8-12(2,3)7-9)14-15-11(16)4-5-13/h9H,4,6-8H2,1-3H3,(H,15,16)/b14-10+/t9-/m0/s1. The lowest BCUT2D eigenvalue weighted by atomic mass is 9.72. The quantitative estimate of drug-likeness (QED) is 0.726. The first kappa shape index (κ1) is 12.7. The highest BCUT2D eigenvalue weighted by Gasteiger charge is 2.29. The fraction of sp³-hybridized carbons (Fsp3) is 0.750. The highest BCUT2D eigenvalue weighted by molar-refractivity contribution is 5.87. The minimum absolute atomic E-state index is 0.129. The van der Waals surface area contributed by atoms with Crippen LogP contribution in [0.5, 0.6) is 0 Å². The van der Waals surface area contributed by atoms with Crippen molar-refractivity contribution < 1.29 is 4.79 Å². The van der Waals surface area contributed by atoms with E-state index < -0.39 is 0 Å². The molecule has 1 aliphatic carbocycles. The van der Waals surface area contributed by atoms with Gasteiger partial charge in [0.1, 0.15) is 6.42 Å². The number of hydrogen-bond donors (Lipinski definition) is 1. The van der Waals surface area contributed by atoms with Crippen LogP contribution in [0.3, 0.4) is 0 Å². The molecular formula is C12H19N3O. The third-order valence-electron chi connectivity index (χ3n) is 2.75. The maximum atomic E-state index is 11.1. The number of nitriles is 1. The Morgan fingerprint density at radius 1 is 1.69 bits per heavy atom. The van der Waals surface area contributed by atoms with Crippen LogP contribution in [0.1, 0.15) is 46.5 Å². The first-order valence-corrected chi connectivity index (χ1v) is 5.64. The van der Waals surface area contributed by atoms with E-state index in [-0.39, 0.29) is 17.7 Å². The highest BCUT2D eigenvalue weighted by atomic mass is 16.2. The van der Waals surface area contributed by atoms with Crippen molar-refractivity contribution in [2.75, 3.05) is 0 Å². The van der Waals surface area contributed by atoms with Crippen LogP contribution < -0.4 is 5.43 Å². The molecule has 1 amide bonds. The Morgan fingerprint density at radius 3 is 2.94 bits per heavy atom. The van der Waals surface area contributed by atoms with Crippen LogP contribution in [0.4, 0.5) is 0 Å². The number of carbonyl (C=O) groups is 1. The molecule has 1 aliphatic rings. The van der Waals surface area contributed by atoms with Crippen molar-refractivity contribution in [1.82, 2.24) is 5.43 Å². The second-order valence-electron chi connectivity index (χ2n) is 5.40. The lowest BCUT2D eigenvalue weighted by Gasteiger charge is -2.34. The largest absolute Gasteiger partial charge is 0.272 e. The number of carbonyl (C=O) groups excluding carboxylic acids is 1. The van der Waals surface area contributed by atoms with Crippen molar-refractivity contribution in [3.8, 4) is 6.07 Å². The third kappa shape index (κ3) is 4.01. The molecule has 0 heterocycles. The molecule has 1 fully saturated rings. The van der Waals surface area contributed by atoms with Crippen LogP contribution in [0.15, 0.2) is 5.10 Å². The Morgan fingerprint density at radius 2 is 2.38 bits per heavy atom. The second kappa shape index (κ2) is 5.11. The predicted molar refractivity (Wildman–Crippen MR) is 62.6 cm³/mol. The molecule has 0 radical (unpaired) electrons. The number of rotatable bonds is 2. The first-order valence-electron chi connectivity index (χ1n) is 5.64. The van der Waals surface area contributed by atoms with Gasteiger partial charge in [-0.25, -0.2) is 5.43 Å². The SMILES string of the molecule is C[C@H]1C/C(=N\NC(=O)CC#N)CC(C)(C)C1. The van der Waals surface area contributed by atoms with Crippen LogP contribution in [-0.4, -0.2) is 11.6 Å². The topological polar surface area (TPSA) is 65.2 Å². The van der Waals surface area contributed by atoms with Gasteiger partial charge in [-0.15, -0.1) is 0 Å². The third-order valence-corrected chi connectivity index (χ3v) is 2.75. The Labute approximate surface area is 96.7 Å². The van der Waals surface area contributed by atoms with E-state index >= 15 is 0 Å². The normalized spacial score (nSPS) is 26.1. The van der Waals surface area contributed by atoms with Crippen molar-refractivity contribution in [2.45, 2.75) is 46.5 Å². The molecule has 0 spiro atoms. The summed E-state index contributed by atoms with van der Waals surface area (Å²) in [7, 11) is 0. The van der Waals surface area contributed by atoms with Crippen molar-refractivity contribution in [3.63, 3.8) is 0 Å². The zero-order valence-electron chi connectivity index (χ0n) is 10.2. The van der Waals surface area contributed by atoms with Crippen LogP contribution >= 0.6 is 0 Å².